The average molecular weight is 481 g/mol. The van der Waals surface area contributed by atoms with E-state index < -0.39 is 0 Å². The number of fused-ring (bicyclic) bond motifs is 3. The van der Waals surface area contributed by atoms with Gasteiger partial charge in [0.05, 0.1) is 11.1 Å². The molecular weight excluding hydrogens is 444 g/mol. The molecule has 3 aliphatic heterocycles. The molecule has 6 rings (SSSR count). The number of anilines is 1. The van der Waals surface area contributed by atoms with E-state index in [1.165, 1.54) is 42.4 Å². The number of aromatic nitrogens is 2. The third kappa shape index (κ3) is 4.36. The molecule has 5 atom stereocenters. The summed E-state index contributed by atoms with van der Waals surface area (Å²) in [7, 11) is 0. The summed E-state index contributed by atoms with van der Waals surface area (Å²) >= 11 is 0. The number of pyridine rings is 2. The monoisotopic (exact) mass is 480 g/mol. The van der Waals surface area contributed by atoms with Crippen molar-refractivity contribution in [2.75, 3.05) is 18.4 Å². The minimum atomic E-state index is 0.393. The van der Waals surface area contributed by atoms with Gasteiger partial charge in [0.1, 0.15) is 11.9 Å². The second-order valence-electron chi connectivity index (χ2n) is 11.0. The Balaban J connectivity index is 1.18. The van der Waals surface area contributed by atoms with Crippen molar-refractivity contribution in [3.8, 4) is 6.07 Å². The minimum absolute atomic E-state index is 0.393. The van der Waals surface area contributed by atoms with Crippen LogP contribution >= 0.6 is 0 Å². The van der Waals surface area contributed by atoms with E-state index in [9.17, 15) is 5.26 Å². The van der Waals surface area contributed by atoms with E-state index in [-0.39, 0.29) is 0 Å². The predicted octanol–water partition coefficient (Wildman–Crippen LogP) is 5.31. The van der Waals surface area contributed by atoms with Gasteiger partial charge in [0.2, 0.25) is 0 Å². The number of benzene rings is 1. The highest BCUT2D eigenvalue weighted by atomic mass is 15.2. The number of rotatable bonds is 3. The Morgan fingerprint density at radius 3 is 2.92 bits per heavy atom. The lowest BCUT2D eigenvalue weighted by molar-refractivity contribution is 0.150. The molecule has 6 nitrogen and oxygen atoms in total. The van der Waals surface area contributed by atoms with Crippen molar-refractivity contribution in [3.05, 3.63) is 65.0 Å². The third-order valence-corrected chi connectivity index (χ3v) is 8.79. The Labute approximate surface area is 214 Å². The average Bonchev–Trinajstić information content (AvgIpc) is 3.29. The highest BCUT2D eigenvalue weighted by molar-refractivity contribution is 5.87. The van der Waals surface area contributed by atoms with E-state index >= 15 is 0 Å². The molecule has 0 radical (unpaired) electrons. The minimum Gasteiger partial charge on any atom is -0.366 e. The SMILES string of the molecule is CC1NCCc2cnc(N[C@@H]3C[C@H]4CCCC(c5ccc(C#N)c6ncccc56)C[C@@H](C)N4C3)cc21. The van der Waals surface area contributed by atoms with Gasteiger partial charge in [-0.2, -0.15) is 5.26 Å². The van der Waals surface area contributed by atoms with Crippen molar-refractivity contribution < 1.29 is 0 Å². The Morgan fingerprint density at radius 2 is 2.03 bits per heavy atom. The molecule has 0 bridgehead atoms. The lowest BCUT2D eigenvalue weighted by Crippen LogP contribution is -2.40. The lowest BCUT2D eigenvalue weighted by Gasteiger charge is -2.36. The smallest absolute Gasteiger partial charge is 0.126 e. The van der Waals surface area contributed by atoms with Crippen LogP contribution in [0.1, 0.15) is 80.2 Å². The quantitative estimate of drug-likeness (QED) is 0.529. The fourth-order valence-corrected chi connectivity index (χ4v) is 6.99. The van der Waals surface area contributed by atoms with Crippen LogP contribution in [0.4, 0.5) is 5.82 Å². The van der Waals surface area contributed by atoms with Gasteiger partial charge in [-0.25, -0.2) is 4.98 Å². The van der Waals surface area contributed by atoms with Crippen molar-refractivity contribution in [1.29, 1.82) is 5.26 Å². The first-order valence-corrected chi connectivity index (χ1v) is 13.6. The Hall–Kier alpha value is -3.01. The van der Waals surface area contributed by atoms with E-state index in [2.05, 4.69) is 64.8 Å². The third-order valence-electron chi connectivity index (χ3n) is 8.79. The Morgan fingerprint density at radius 1 is 1.11 bits per heavy atom. The summed E-state index contributed by atoms with van der Waals surface area (Å²) in [6.45, 7) is 6.76. The maximum absolute atomic E-state index is 9.56. The fraction of sp³-hybridized carbons (Fsp3) is 0.500. The molecule has 2 N–H and O–H groups in total. The second-order valence-corrected chi connectivity index (χ2v) is 11.0. The highest BCUT2D eigenvalue weighted by Gasteiger charge is 2.37. The van der Waals surface area contributed by atoms with Gasteiger partial charge in [0.15, 0.2) is 0 Å². The molecule has 2 saturated heterocycles. The first-order valence-electron chi connectivity index (χ1n) is 13.6. The van der Waals surface area contributed by atoms with Crippen molar-refractivity contribution in [2.24, 2.45) is 0 Å². The van der Waals surface area contributed by atoms with Crippen LogP contribution in [0, 0.1) is 11.3 Å². The summed E-state index contributed by atoms with van der Waals surface area (Å²) in [6, 6.07) is 14.9. The van der Waals surface area contributed by atoms with E-state index in [1.807, 2.05) is 12.1 Å². The zero-order valence-corrected chi connectivity index (χ0v) is 21.4. The van der Waals surface area contributed by atoms with E-state index in [1.54, 1.807) is 6.20 Å². The van der Waals surface area contributed by atoms with Crippen LogP contribution in [0.2, 0.25) is 0 Å². The van der Waals surface area contributed by atoms with Crippen LogP contribution in [-0.2, 0) is 6.42 Å². The summed E-state index contributed by atoms with van der Waals surface area (Å²) in [5, 5.41) is 18.1. The van der Waals surface area contributed by atoms with Crippen molar-refractivity contribution >= 4 is 16.7 Å². The van der Waals surface area contributed by atoms with E-state index in [4.69, 9.17) is 4.98 Å². The molecule has 3 aromatic rings. The first kappa shape index (κ1) is 23.4. The molecule has 0 spiro atoms. The molecule has 2 unspecified atom stereocenters. The topological polar surface area (TPSA) is 76.9 Å². The standard InChI is InChI=1S/C30H36N6/c1-19-13-21(26-9-8-22(16-31)30-27(26)7-4-11-33-30)5-3-6-25-14-24(18-36(19)25)35-29-15-28-20(2)32-12-10-23(28)17-34-29/h4,7-9,11,15,17,19-21,24-25,32H,3,5-6,10,12-14,18H2,1-2H3,(H,34,35)/t19-,20?,21?,24-,25-/m1/s1. The Kier molecular flexibility index (Phi) is 6.37. The van der Waals surface area contributed by atoms with Crippen LogP contribution < -0.4 is 10.6 Å². The zero-order chi connectivity index (χ0) is 24.6. The van der Waals surface area contributed by atoms with Gasteiger partial charge in [-0.05, 0) is 93.3 Å². The molecule has 2 fully saturated rings. The van der Waals surface area contributed by atoms with Crippen LogP contribution in [0.3, 0.4) is 0 Å². The normalized spacial score (nSPS) is 28.5. The maximum Gasteiger partial charge on any atom is 0.126 e. The molecule has 0 amide bonds. The summed E-state index contributed by atoms with van der Waals surface area (Å²) in [4.78, 5) is 12.1. The first-order chi connectivity index (χ1) is 17.6. The van der Waals surface area contributed by atoms with Crippen molar-refractivity contribution in [2.45, 2.75) is 82.5 Å². The number of hydrogen-bond acceptors (Lipinski definition) is 6. The van der Waals surface area contributed by atoms with Crippen LogP contribution in [-0.4, -0.2) is 46.1 Å². The molecule has 0 aliphatic carbocycles. The summed E-state index contributed by atoms with van der Waals surface area (Å²) in [5.41, 5.74) is 5.65. The van der Waals surface area contributed by atoms with Gasteiger partial charge in [-0.1, -0.05) is 18.6 Å². The summed E-state index contributed by atoms with van der Waals surface area (Å²) in [6.07, 6.45) is 10.9. The molecular formula is C30H36N6. The van der Waals surface area contributed by atoms with Crippen LogP contribution in [0.25, 0.3) is 10.9 Å². The van der Waals surface area contributed by atoms with Crippen LogP contribution in [0.5, 0.6) is 0 Å². The van der Waals surface area contributed by atoms with Gasteiger partial charge in [0.25, 0.3) is 0 Å². The van der Waals surface area contributed by atoms with Gasteiger partial charge in [-0.3, -0.25) is 9.88 Å². The predicted molar refractivity (Wildman–Crippen MR) is 144 cm³/mol. The van der Waals surface area contributed by atoms with Gasteiger partial charge >= 0.3 is 0 Å². The van der Waals surface area contributed by atoms with Crippen molar-refractivity contribution in [3.63, 3.8) is 0 Å². The van der Waals surface area contributed by atoms with E-state index in [0.29, 0.717) is 35.6 Å². The molecule has 36 heavy (non-hydrogen) atoms. The van der Waals surface area contributed by atoms with Gasteiger partial charge in [0, 0.05) is 48.5 Å². The Bertz CT molecular complexity index is 1300. The summed E-state index contributed by atoms with van der Waals surface area (Å²) in [5.74, 6) is 1.51. The lowest BCUT2D eigenvalue weighted by atomic mass is 9.83. The number of hydrogen-bond donors (Lipinski definition) is 2. The van der Waals surface area contributed by atoms with Gasteiger partial charge in [-0.15, -0.1) is 0 Å². The van der Waals surface area contributed by atoms with Crippen molar-refractivity contribution in [1.82, 2.24) is 20.2 Å². The van der Waals surface area contributed by atoms with Gasteiger partial charge < -0.3 is 10.6 Å². The van der Waals surface area contributed by atoms with Crippen LogP contribution in [0.15, 0.2) is 42.7 Å². The molecule has 2 aromatic heterocycles. The number of nitriles is 1. The molecule has 1 aromatic carbocycles. The molecule has 6 heteroatoms. The van der Waals surface area contributed by atoms with E-state index in [0.717, 1.165) is 42.7 Å². The fourth-order valence-electron chi connectivity index (χ4n) is 6.99. The zero-order valence-electron chi connectivity index (χ0n) is 21.4. The maximum atomic E-state index is 9.56. The molecule has 186 valence electrons. The molecule has 5 heterocycles. The molecule has 3 aliphatic rings. The second kappa shape index (κ2) is 9.80. The number of nitrogens with one attached hydrogen (secondary N) is 2. The summed E-state index contributed by atoms with van der Waals surface area (Å²) < 4.78 is 0. The highest BCUT2D eigenvalue weighted by Crippen LogP contribution is 2.39. The molecule has 0 saturated carbocycles. The largest absolute Gasteiger partial charge is 0.366 e. The number of nitrogens with zero attached hydrogens (tertiary/aromatic N) is 4.